The number of fused-ring (bicyclic) bond motifs is 13. The van der Waals surface area contributed by atoms with Gasteiger partial charge in [0.25, 0.3) is 0 Å². The van der Waals surface area contributed by atoms with Gasteiger partial charge in [0.2, 0.25) is 0 Å². The molecule has 0 saturated heterocycles. The van der Waals surface area contributed by atoms with Crippen LogP contribution < -0.4 is 0 Å². The first kappa shape index (κ1) is 38.6. The molecule has 0 radical (unpaired) electrons. The van der Waals surface area contributed by atoms with Crippen LogP contribution >= 0.6 is 0 Å². The van der Waals surface area contributed by atoms with E-state index in [0.29, 0.717) is 17.5 Å². The fourth-order valence-corrected chi connectivity index (χ4v) is 11.4. The van der Waals surface area contributed by atoms with Gasteiger partial charge in [0.05, 0.1) is 33.4 Å². The fourth-order valence-electron chi connectivity index (χ4n) is 11.4. The van der Waals surface area contributed by atoms with Gasteiger partial charge in [0.1, 0.15) is 0 Å². The van der Waals surface area contributed by atoms with Crippen molar-refractivity contribution in [2.45, 2.75) is 0 Å². The molecule has 0 unspecified atom stereocenters. The number of hydrogen-bond donors (Lipinski definition) is 0. The van der Waals surface area contributed by atoms with E-state index in [1.807, 2.05) is 18.2 Å². The van der Waals surface area contributed by atoms with Gasteiger partial charge in [-0.2, -0.15) is 0 Å². The smallest absolute Gasteiger partial charge is 0.164 e. The highest BCUT2D eigenvalue weighted by Gasteiger charge is 2.25. The van der Waals surface area contributed by atoms with E-state index in [-0.39, 0.29) is 0 Å². The first-order valence-corrected chi connectivity index (χ1v) is 23.9. The molecule has 70 heavy (non-hydrogen) atoms. The van der Waals surface area contributed by atoms with E-state index in [0.717, 1.165) is 49.6 Å². The first-order chi connectivity index (χ1) is 34.7. The van der Waals surface area contributed by atoms with Gasteiger partial charge in [-0.1, -0.05) is 200 Å². The minimum Gasteiger partial charge on any atom is -0.309 e. The van der Waals surface area contributed by atoms with Gasteiger partial charge in [-0.15, -0.1) is 0 Å². The second kappa shape index (κ2) is 15.0. The van der Waals surface area contributed by atoms with Crippen LogP contribution in [0.2, 0.25) is 0 Å². The first-order valence-electron chi connectivity index (χ1n) is 23.9. The van der Waals surface area contributed by atoms with Crippen molar-refractivity contribution in [2.24, 2.45) is 0 Å². The zero-order valence-corrected chi connectivity index (χ0v) is 37.8. The maximum atomic E-state index is 5.32. The lowest BCUT2D eigenvalue weighted by Gasteiger charge is -2.17. The fraction of sp³-hybridized carbons (Fsp3) is 0. The predicted molar refractivity (Wildman–Crippen MR) is 292 cm³/mol. The Morgan fingerprint density at radius 2 is 0.800 bits per heavy atom. The molecule has 15 aromatic rings. The summed E-state index contributed by atoms with van der Waals surface area (Å²) in [6, 6.07) is 85.3. The molecule has 3 aromatic heterocycles. The van der Waals surface area contributed by atoms with Crippen LogP contribution in [0.3, 0.4) is 0 Å². The average Bonchev–Trinajstić information content (AvgIpc) is 3.94. The maximum Gasteiger partial charge on any atom is 0.164 e. The summed E-state index contributed by atoms with van der Waals surface area (Å²) in [6.45, 7) is 0. The van der Waals surface area contributed by atoms with Gasteiger partial charge in [0, 0.05) is 54.4 Å². The van der Waals surface area contributed by atoms with Gasteiger partial charge in [-0.3, -0.25) is 0 Å². The summed E-state index contributed by atoms with van der Waals surface area (Å²) in [6.07, 6.45) is 0. The third kappa shape index (κ3) is 5.69. The molecule has 15 rings (SSSR count). The van der Waals surface area contributed by atoms with Crippen LogP contribution in [0.5, 0.6) is 0 Å². The Morgan fingerprint density at radius 1 is 0.271 bits per heavy atom. The number of aromatic nitrogens is 5. The van der Waals surface area contributed by atoms with Gasteiger partial charge in [-0.05, 0) is 74.1 Å². The van der Waals surface area contributed by atoms with Crippen molar-refractivity contribution < 1.29 is 0 Å². The number of para-hydroxylation sites is 2. The molecule has 0 aliphatic heterocycles. The number of hydrogen-bond acceptors (Lipinski definition) is 3. The molecule has 0 N–H and O–H groups in total. The van der Waals surface area contributed by atoms with Crippen molar-refractivity contribution >= 4 is 97.5 Å². The summed E-state index contributed by atoms with van der Waals surface area (Å²) in [5.74, 6) is 1.89. The minimum atomic E-state index is 0.624. The number of nitrogens with zero attached hydrogens (tertiary/aromatic N) is 5. The molecule has 0 amide bonds. The largest absolute Gasteiger partial charge is 0.309 e. The van der Waals surface area contributed by atoms with Crippen molar-refractivity contribution in [3.63, 3.8) is 0 Å². The quantitative estimate of drug-likeness (QED) is 0.162. The Hall–Kier alpha value is -9.45. The Labute approximate surface area is 401 Å². The summed E-state index contributed by atoms with van der Waals surface area (Å²) in [5, 5.41) is 16.7. The highest BCUT2D eigenvalue weighted by Crippen LogP contribution is 2.46. The summed E-state index contributed by atoms with van der Waals surface area (Å²) in [5.41, 5.74) is 9.75. The van der Waals surface area contributed by atoms with Crippen molar-refractivity contribution in [1.29, 1.82) is 0 Å². The molecule has 0 fully saturated rings. The van der Waals surface area contributed by atoms with E-state index >= 15 is 0 Å². The van der Waals surface area contributed by atoms with Crippen molar-refractivity contribution in [3.8, 4) is 45.5 Å². The summed E-state index contributed by atoms with van der Waals surface area (Å²) in [7, 11) is 0. The molecular weight excluding hydrogens is 851 g/mol. The van der Waals surface area contributed by atoms with Crippen LogP contribution in [0.25, 0.3) is 143 Å². The zero-order valence-electron chi connectivity index (χ0n) is 37.8. The molecule has 0 saturated carbocycles. The van der Waals surface area contributed by atoms with E-state index in [1.165, 1.54) is 76.0 Å². The third-order valence-corrected chi connectivity index (χ3v) is 14.5. The Morgan fingerprint density at radius 3 is 1.60 bits per heavy atom. The van der Waals surface area contributed by atoms with Crippen molar-refractivity contribution in [2.75, 3.05) is 0 Å². The topological polar surface area (TPSA) is 48.5 Å². The molecule has 5 nitrogen and oxygen atoms in total. The Bertz CT molecular complexity index is 4660. The van der Waals surface area contributed by atoms with Crippen molar-refractivity contribution in [3.05, 3.63) is 237 Å². The molecule has 0 atom stereocenters. The van der Waals surface area contributed by atoms with Crippen LogP contribution in [-0.4, -0.2) is 24.1 Å². The molecule has 0 aliphatic rings. The third-order valence-electron chi connectivity index (χ3n) is 14.5. The van der Waals surface area contributed by atoms with E-state index < -0.39 is 0 Å². The molecule has 324 valence electrons. The highest BCUT2D eigenvalue weighted by molar-refractivity contribution is 6.25. The van der Waals surface area contributed by atoms with Crippen LogP contribution in [0.15, 0.2) is 237 Å². The standard InChI is InChI=1S/C65H39N5/c1-2-18-42(19-3-1)63-66-64(45-33-34-47-44(38-45)31-30-40-16-4-7-21-46(40)47)68-65(67-63)54-36-37-58(51-25-11-10-24-50(51)54)69-57-29-15-13-27-55(57)60-59(69)39-43-20-6-9-23-49(43)62(60)70-56-28-14-12-26-52(56)53-35-32-41-17-5-8-22-48(41)61(53)70/h1-39H. The number of rotatable bonds is 5. The zero-order chi connectivity index (χ0) is 45.9. The Balaban J connectivity index is 0.993. The molecular formula is C65H39N5. The summed E-state index contributed by atoms with van der Waals surface area (Å²) >= 11 is 0. The normalized spacial score (nSPS) is 12.0. The van der Waals surface area contributed by atoms with E-state index in [2.05, 4.69) is 228 Å². The molecule has 3 heterocycles. The van der Waals surface area contributed by atoms with Crippen LogP contribution in [0.4, 0.5) is 0 Å². The molecule has 0 spiro atoms. The SMILES string of the molecule is c1ccc(-c2nc(-c3ccc4c(ccc5ccccc54)c3)nc(-c3ccc(-n4c5ccccc5c5c(-n6c7ccccc7c7ccc8ccccc8c76)c6ccccc6cc54)c4ccccc34)n2)cc1. The lowest BCUT2D eigenvalue weighted by atomic mass is 9.99. The summed E-state index contributed by atoms with van der Waals surface area (Å²) < 4.78 is 5.03. The second-order valence-electron chi connectivity index (χ2n) is 18.3. The predicted octanol–water partition coefficient (Wildman–Crippen LogP) is 16.8. The minimum absolute atomic E-state index is 0.624. The van der Waals surface area contributed by atoms with E-state index in [1.54, 1.807) is 0 Å². The lowest BCUT2D eigenvalue weighted by molar-refractivity contribution is 1.08. The number of benzene rings is 12. The van der Waals surface area contributed by atoms with Crippen LogP contribution in [0.1, 0.15) is 0 Å². The highest BCUT2D eigenvalue weighted by atomic mass is 15.0. The average molecular weight is 890 g/mol. The van der Waals surface area contributed by atoms with E-state index in [9.17, 15) is 0 Å². The van der Waals surface area contributed by atoms with Gasteiger partial charge < -0.3 is 9.13 Å². The van der Waals surface area contributed by atoms with Gasteiger partial charge in [-0.25, -0.2) is 15.0 Å². The lowest BCUT2D eigenvalue weighted by Crippen LogP contribution is -2.02. The Kier molecular flexibility index (Phi) is 8.29. The molecule has 0 bridgehead atoms. The second-order valence-corrected chi connectivity index (χ2v) is 18.3. The molecule has 5 heteroatoms. The molecule has 12 aromatic carbocycles. The maximum absolute atomic E-state index is 5.32. The van der Waals surface area contributed by atoms with Crippen LogP contribution in [0, 0.1) is 0 Å². The van der Waals surface area contributed by atoms with Gasteiger partial charge >= 0.3 is 0 Å². The summed E-state index contributed by atoms with van der Waals surface area (Å²) in [4.78, 5) is 15.7. The molecule has 0 aliphatic carbocycles. The van der Waals surface area contributed by atoms with Gasteiger partial charge in [0.15, 0.2) is 17.5 Å². The van der Waals surface area contributed by atoms with Crippen molar-refractivity contribution in [1.82, 2.24) is 24.1 Å². The van der Waals surface area contributed by atoms with Crippen LogP contribution in [-0.2, 0) is 0 Å². The monoisotopic (exact) mass is 889 g/mol. The van der Waals surface area contributed by atoms with E-state index in [4.69, 9.17) is 15.0 Å².